The van der Waals surface area contributed by atoms with E-state index in [2.05, 4.69) is 108 Å². The number of hydrogen-bond acceptors (Lipinski definition) is 7. The van der Waals surface area contributed by atoms with Crippen LogP contribution in [0.1, 0.15) is 17.8 Å². The molecule has 8 heteroatoms. The molecule has 2 aliphatic rings. The van der Waals surface area contributed by atoms with Crippen LogP contribution in [0.5, 0.6) is 5.75 Å². The van der Waals surface area contributed by atoms with Gasteiger partial charge in [0.15, 0.2) is 34.9 Å². The molecular weight excluding hydrogens is 835 g/mol. The third-order valence-electron chi connectivity index (χ3n) is 13.0. The second-order valence-electron chi connectivity index (χ2n) is 17.1. The summed E-state index contributed by atoms with van der Waals surface area (Å²) < 4.78 is 9.09. The lowest BCUT2D eigenvalue weighted by Gasteiger charge is -2.29. The average molecular weight is 874 g/mol. The minimum Gasteiger partial charge on any atom is -0.460 e. The van der Waals surface area contributed by atoms with Gasteiger partial charge in [-0.3, -0.25) is 0 Å². The average Bonchev–Trinajstić information content (AvgIpc) is 3.94. The summed E-state index contributed by atoms with van der Waals surface area (Å²) in [5.41, 5.74) is 10.2. The van der Waals surface area contributed by atoms with Crippen molar-refractivity contribution >= 4 is 21.8 Å². The van der Waals surface area contributed by atoms with Crippen LogP contribution in [0.15, 0.2) is 230 Å². The van der Waals surface area contributed by atoms with Crippen LogP contribution >= 0.6 is 0 Å². The van der Waals surface area contributed by atoms with Gasteiger partial charge in [0.1, 0.15) is 16.9 Å². The van der Waals surface area contributed by atoms with Gasteiger partial charge in [-0.05, 0) is 78.2 Å². The maximum Gasteiger partial charge on any atom is 0.164 e. The van der Waals surface area contributed by atoms with Crippen molar-refractivity contribution in [1.29, 1.82) is 0 Å². The Morgan fingerprint density at radius 3 is 1.35 bits per heavy atom. The van der Waals surface area contributed by atoms with Crippen LogP contribution in [0.2, 0.25) is 0 Å². The van der Waals surface area contributed by atoms with E-state index in [1.54, 1.807) is 0 Å². The molecule has 1 aliphatic heterocycles. The molecule has 0 bridgehead atoms. The number of para-hydroxylation sites is 1. The lowest BCUT2D eigenvalue weighted by Crippen LogP contribution is -2.31. The van der Waals surface area contributed by atoms with Crippen molar-refractivity contribution in [3.63, 3.8) is 0 Å². The van der Waals surface area contributed by atoms with Gasteiger partial charge < -0.3 is 9.30 Å². The van der Waals surface area contributed by atoms with E-state index >= 15 is 0 Å². The van der Waals surface area contributed by atoms with Crippen LogP contribution in [0, 0.1) is 0 Å². The first-order valence-corrected chi connectivity index (χ1v) is 22.7. The van der Waals surface area contributed by atoms with Gasteiger partial charge in [-0.25, -0.2) is 29.9 Å². The summed E-state index contributed by atoms with van der Waals surface area (Å²) in [7, 11) is 0. The summed E-state index contributed by atoms with van der Waals surface area (Å²) in [5, 5.41) is 2.19. The zero-order valence-corrected chi connectivity index (χ0v) is 36.6. The lowest BCUT2D eigenvalue weighted by atomic mass is 9.73. The first-order valence-electron chi connectivity index (χ1n) is 22.7. The Hall–Kier alpha value is -9.14. The molecule has 0 N–H and O–H groups in total. The van der Waals surface area contributed by atoms with Gasteiger partial charge in [0.05, 0.1) is 11.0 Å². The van der Waals surface area contributed by atoms with E-state index in [1.807, 2.05) is 121 Å². The third-order valence-corrected chi connectivity index (χ3v) is 13.0. The molecule has 320 valence electrons. The smallest absolute Gasteiger partial charge is 0.164 e. The highest BCUT2D eigenvalue weighted by atomic mass is 16.5. The highest BCUT2D eigenvalue weighted by Crippen LogP contribution is 2.54. The van der Waals surface area contributed by atoms with Crippen molar-refractivity contribution in [3.8, 4) is 79.5 Å². The second-order valence-corrected chi connectivity index (χ2v) is 17.1. The fourth-order valence-electron chi connectivity index (χ4n) is 9.71. The number of benzene rings is 8. The minimum atomic E-state index is -0.778. The molecule has 0 spiro atoms. The van der Waals surface area contributed by atoms with E-state index in [4.69, 9.17) is 34.6 Å². The van der Waals surface area contributed by atoms with Gasteiger partial charge in [0.25, 0.3) is 0 Å². The van der Waals surface area contributed by atoms with Crippen LogP contribution in [0.4, 0.5) is 0 Å². The molecule has 1 aliphatic carbocycles. The minimum absolute atomic E-state index is 0.606. The fourth-order valence-corrected chi connectivity index (χ4v) is 9.71. The van der Waals surface area contributed by atoms with Crippen molar-refractivity contribution < 1.29 is 4.74 Å². The molecule has 8 aromatic carbocycles. The number of rotatable bonds is 8. The maximum atomic E-state index is 6.75. The molecule has 1 unspecified atom stereocenters. The van der Waals surface area contributed by atoms with Gasteiger partial charge >= 0.3 is 0 Å². The zero-order chi connectivity index (χ0) is 45.0. The molecular formula is C60H39N7O. The number of allylic oxidation sites excluding steroid dienone is 4. The quantitative estimate of drug-likeness (QED) is 0.150. The topological polar surface area (TPSA) is 91.5 Å². The largest absolute Gasteiger partial charge is 0.460 e. The highest BCUT2D eigenvalue weighted by Gasteiger charge is 2.50. The number of fused-ring (bicyclic) bond motifs is 6. The summed E-state index contributed by atoms with van der Waals surface area (Å²) in [5.74, 6) is 5.33. The Balaban J connectivity index is 0.983. The van der Waals surface area contributed by atoms with E-state index < -0.39 is 5.41 Å². The molecule has 0 saturated carbocycles. The predicted molar refractivity (Wildman–Crippen MR) is 270 cm³/mol. The Bertz CT molecular complexity index is 3660. The molecule has 8 nitrogen and oxygen atoms in total. The van der Waals surface area contributed by atoms with Crippen LogP contribution in [-0.4, -0.2) is 34.5 Å². The molecule has 0 saturated heterocycles. The standard InChI is InChI=1S/C60H39N7O/c1-6-18-39(19-7-1)54-61-55(40-20-8-2-9-21-40)63-58(62-54)45-30-33-51-48(37-45)47-36-43(29-32-50(47)67(51)46-26-14-5-15-27-46)44-31-34-52-49(38-44)60(35-17-16-28-53(60)68-52)59-65-56(41-22-10-3-11-23-41)64-57(66-59)42-24-12-4-13-25-42/h1-34,36-38H,35H2. The molecule has 3 aromatic heterocycles. The molecule has 13 rings (SSSR count). The van der Waals surface area contributed by atoms with Crippen molar-refractivity contribution in [2.24, 2.45) is 0 Å². The molecule has 0 fully saturated rings. The summed E-state index contributed by atoms with van der Waals surface area (Å²) in [6.45, 7) is 0. The highest BCUT2D eigenvalue weighted by molar-refractivity contribution is 6.11. The predicted octanol–water partition coefficient (Wildman–Crippen LogP) is 13.7. The van der Waals surface area contributed by atoms with E-state index in [1.165, 1.54) is 0 Å². The summed E-state index contributed by atoms with van der Waals surface area (Å²) >= 11 is 0. The van der Waals surface area contributed by atoms with Crippen LogP contribution < -0.4 is 4.74 Å². The number of nitrogens with zero attached hydrogens (tertiary/aromatic N) is 7. The Kier molecular flexibility index (Phi) is 9.28. The van der Waals surface area contributed by atoms with Gasteiger partial charge in [-0.15, -0.1) is 0 Å². The number of hydrogen-bond donors (Lipinski definition) is 0. The van der Waals surface area contributed by atoms with E-state index in [0.29, 0.717) is 41.4 Å². The Morgan fingerprint density at radius 1 is 0.397 bits per heavy atom. The van der Waals surface area contributed by atoms with Gasteiger partial charge in [0.2, 0.25) is 0 Å². The number of ether oxygens (including phenoxy) is 1. The molecule has 11 aromatic rings. The van der Waals surface area contributed by atoms with Gasteiger partial charge in [-0.2, -0.15) is 0 Å². The zero-order valence-electron chi connectivity index (χ0n) is 36.6. The molecule has 4 heterocycles. The van der Waals surface area contributed by atoms with E-state index in [0.717, 1.165) is 83.5 Å². The Labute approximate surface area is 392 Å². The first kappa shape index (κ1) is 39.2. The second kappa shape index (κ2) is 16.1. The summed E-state index contributed by atoms with van der Waals surface area (Å²) in [4.78, 5) is 30.7. The van der Waals surface area contributed by atoms with Crippen LogP contribution in [0.25, 0.3) is 95.6 Å². The van der Waals surface area contributed by atoms with Crippen molar-refractivity contribution in [2.45, 2.75) is 11.8 Å². The maximum absolute atomic E-state index is 6.75. The molecule has 0 radical (unpaired) electrons. The molecule has 0 amide bonds. The third kappa shape index (κ3) is 6.61. The fraction of sp³-hybridized carbons (Fsp3) is 0.0333. The molecule has 1 atom stereocenters. The first-order chi connectivity index (χ1) is 33.7. The van der Waals surface area contributed by atoms with Gasteiger partial charge in [0, 0.05) is 49.8 Å². The van der Waals surface area contributed by atoms with Crippen LogP contribution in [0.3, 0.4) is 0 Å². The van der Waals surface area contributed by atoms with Crippen LogP contribution in [-0.2, 0) is 5.41 Å². The molecule has 68 heavy (non-hydrogen) atoms. The monoisotopic (exact) mass is 873 g/mol. The Morgan fingerprint density at radius 2 is 0.824 bits per heavy atom. The summed E-state index contributed by atoms with van der Waals surface area (Å²) in [6, 6.07) is 70.8. The SMILES string of the molecule is C1=CCC2(c3nc(-c4ccccc4)nc(-c4ccccc4)n3)C(=C1)Oc1ccc(-c3ccc4c(c3)c3cc(-c5nc(-c6ccccc6)nc(-c6ccccc6)n5)ccc3n4-c3ccccc3)cc12. The summed E-state index contributed by atoms with van der Waals surface area (Å²) in [6.07, 6.45) is 6.92. The van der Waals surface area contributed by atoms with Crippen molar-refractivity contribution in [2.75, 3.05) is 0 Å². The van der Waals surface area contributed by atoms with E-state index in [-0.39, 0.29) is 0 Å². The lowest BCUT2D eigenvalue weighted by molar-refractivity contribution is 0.382. The number of aromatic nitrogens is 7. The van der Waals surface area contributed by atoms with Crippen molar-refractivity contribution in [1.82, 2.24) is 34.5 Å². The van der Waals surface area contributed by atoms with Crippen molar-refractivity contribution in [3.05, 3.63) is 242 Å². The normalized spacial score (nSPS) is 14.9. The van der Waals surface area contributed by atoms with E-state index in [9.17, 15) is 0 Å². The van der Waals surface area contributed by atoms with Gasteiger partial charge in [-0.1, -0.05) is 164 Å².